The molecule has 0 aliphatic heterocycles. The smallest absolute Gasteiger partial charge is 0.344 e. The molecule has 0 unspecified atom stereocenters. The van der Waals surface area contributed by atoms with Gasteiger partial charge in [-0.3, -0.25) is 4.79 Å². The van der Waals surface area contributed by atoms with Crippen LogP contribution in [0.5, 0.6) is 5.75 Å². The highest BCUT2D eigenvalue weighted by Gasteiger charge is 2.11. The third-order valence-electron chi connectivity index (χ3n) is 2.95. The summed E-state index contributed by atoms with van der Waals surface area (Å²) in [5.41, 5.74) is 1.95. The van der Waals surface area contributed by atoms with Crippen molar-refractivity contribution in [1.82, 2.24) is 5.16 Å². The third kappa shape index (κ3) is 5.14. The maximum absolute atomic E-state index is 11.6. The molecule has 2 aromatic rings. The van der Waals surface area contributed by atoms with Gasteiger partial charge in [0.15, 0.2) is 19.0 Å². The molecule has 0 saturated carbocycles. The molecular formula is C16H18N2O5. The van der Waals surface area contributed by atoms with E-state index in [1.165, 1.54) is 0 Å². The van der Waals surface area contributed by atoms with E-state index in [1.54, 1.807) is 13.0 Å². The van der Waals surface area contributed by atoms with Crippen LogP contribution in [0.2, 0.25) is 0 Å². The summed E-state index contributed by atoms with van der Waals surface area (Å²) in [7, 11) is 0. The first-order valence-electron chi connectivity index (χ1n) is 7.03. The van der Waals surface area contributed by atoms with E-state index in [0.29, 0.717) is 11.5 Å². The first-order chi connectivity index (χ1) is 10.9. The number of rotatable bonds is 6. The van der Waals surface area contributed by atoms with Crippen molar-refractivity contribution >= 4 is 17.7 Å². The molecule has 122 valence electrons. The molecule has 0 atom stereocenters. The summed E-state index contributed by atoms with van der Waals surface area (Å²) in [6.07, 6.45) is 0. The normalized spacial score (nSPS) is 10.2. The summed E-state index contributed by atoms with van der Waals surface area (Å²) in [4.78, 5) is 23.2. The predicted octanol–water partition coefficient (Wildman–Crippen LogP) is 2.16. The van der Waals surface area contributed by atoms with Gasteiger partial charge in [0.25, 0.3) is 5.91 Å². The third-order valence-corrected chi connectivity index (χ3v) is 2.95. The van der Waals surface area contributed by atoms with Gasteiger partial charge in [0.1, 0.15) is 11.5 Å². The molecule has 1 aromatic heterocycles. The van der Waals surface area contributed by atoms with E-state index in [1.807, 2.05) is 32.0 Å². The lowest BCUT2D eigenvalue weighted by atomic mass is 10.1. The molecule has 7 heteroatoms. The van der Waals surface area contributed by atoms with Gasteiger partial charge in [-0.25, -0.2) is 4.79 Å². The van der Waals surface area contributed by atoms with E-state index in [9.17, 15) is 9.59 Å². The Labute approximate surface area is 133 Å². The number of aromatic nitrogens is 1. The number of amides is 1. The maximum Gasteiger partial charge on any atom is 0.344 e. The van der Waals surface area contributed by atoms with E-state index < -0.39 is 18.5 Å². The number of aryl methyl sites for hydroxylation is 3. The Balaban J connectivity index is 1.74. The summed E-state index contributed by atoms with van der Waals surface area (Å²) in [6.45, 7) is 4.84. The Morgan fingerprint density at radius 3 is 2.65 bits per heavy atom. The van der Waals surface area contributed by atoms with Crippen molar-refractivity contribution in [2.45, 2.75) is 20.8 Å². The van der Waals surface area contributed by atoms with E-state index in [2.05, 4.69) is 10.5 Å². The molecule has 0 aliphatic carbocycles. The molecule has 1 N–H and O–H groups in total. The number of esters is 1. The van der Waals surface area contributed by atoms with Crippen LogP contribution in [0.1, 0.15) is 16.9 Å². The van der Waals surface area contributed by atoms with Crippen molar-refractivity contribution in [1.29, 1.82) is 0 Å². The summed E-state index contributed by atoms with van der Waals surface area (Å²) in [5, 5.41) is 6.05. The molecule has 0 bridgehead atoms. The SMILES string of the molecule is Cc1ccc(C)c(OCC(=O)OCC(=O)Nc2cc(C)on2)c1. The molecule has 7 nitrogen and oxygen atoms in total. The lowest BCUT2D eigenvalue weighted by Crippen LogP contribution is -2.23. The molecule has 0 aliphatic rings. The topological polar surface area (TPSA) is 90.7 Å². The number of ether oxygens (including phenoxy) is 2. The van der Waals surface area contributed by atoms with Crippen molar-refractivity contribution in [2.75, 3.05) is 18.5 Å². The van der Waals surface area contributed by atoms with Crippen LogP contribution in [0.4, 0.5) is 5.82 Å². The van der Waals surface area contributed by atoms with Crippen LogP contribution in [-0.2, 0) is 14.3 Å². The number of carbonyl (C=O) groups is 2. The van der Waals surface area contributed by atoms with Gasteiger partial charge in [0.2, 0.25) is 0 Å². The molecular weight excluding hydrogens is 300 g/mol. The van der Waals surface area contributed by atoms with Gasteiger partial charge in [-0.2, -0.15) is 0 Å². The zero-order valence-electron chi connectivity index (χ0n) is 13.2. The highest BCUT2D eigenvalue weighted by Crippen LogP contribution is 2.18. The van der Waals surface area contributed by atoms with E-state index >= 15 is 0 Å². The van der Waals surface area contributed by atoms with Gasteiger partial charge in [-0.05, 0) is 38.0 Å². The van der Waals surface area contributed by atoms with Gasteiger partial charge in [-0.1, -0.05) is 17.3 Å². The van der Waals surface area contributed by atoms with Crippen molar-refractivity contribution in [3.8, 4) is 5.75 Å². The van der Waals surface area contributed by atoms with Gasteiger partial charge in [-0.15, -0.1) is 0 Å². The molecule has 0 spiro atoms. The van der Waals surface area contributed by atoms with E-state index in [4.69, 9.17) is 14.0 Å². The van der Waals surface area contributed by atoms with Crippen molar-refractivity contribution < 1.29 is 23.6 Å². The van der Waals surface area contributed by atoms with Gasteiger partial charge in [0.05, 0.1) is 0 Å². The van der Waals surface area contributed by atoms with E-state index in [-0.39, 0.29) is 12.4 Å². The number of nitrogens with one attached hydrogen (secondary N) is 1. The minimum Gasteiger partial charge on any atom is -0.482 e. The standard InChI is InChI=1S/C16H18N2O5/c1-10-4-5-11(2)13(6-10)21-9-16(20)22-8-15(19)17-14-7-12(3)23-18-14/h4-7H,8-9H2,1-3H3,(H,17,18,19). The fourth-order valence-electron chi connectivity index (χ4n) is 1.79. The van der Waals surface area contributed by atoms with Crippen LogP contribution in [0.25, 0.3) is 0 Å². The summed E-state index contributed by atoms with van der Waals surface area (Å²) in [6, 6.07) is 7.26. The summed E-state index contributed by atoms with van der Waals surface area (Å²) < 4.78 is 15.0. The Hall–Kier alpha value is -2.83. The fraction of sp³-hybridized carbons (Fsp3) is 0.312. The van der Waals surface area contributed by atoms with Crippen LogP contribution in [0, 0.1) is 20.8 Å². The van der Waals surface area contributed by atoms with Crippen molar-refractivity contribution in [3.63, 3.8) is 0 Å². The van der Waals surface area contributed by atoms with Crippen molar-refractivity contribution in [2.24, 2.45) is 0 Å². The number of nitrogens with zero attached hydrogens (tertiary/aromatic N) is 1. The zero-order chi connectivity index (χ0) is 16.8. The van der Waals surface area contributed by atoms with Crippen LogP contribution in [-0.4, -0.2) is 30.2 Å². The zero-order valence-corrected chi connectivity index (χ0v) is 13.2. The highest BCUT2D eigenvalue weighted by molar-refractivity contribution is 5.91. The minimum atomic E-state index is -0.627. The molecule has 0 saturated heterocycles. The molecule has 2 rings (SSSR count). The lowest BCUT2D eigenvalue weighted by molar-refractivity contribution is -0.149. The Bertz CT molecular complexity index is 708. The number of anilines is 1. The first-order valence-corrected chi connectivity index (χ1v) is 7.03. The molecule has 1 heterocycles. The highest BCUT2D eigenvalue weighted by atomic mass is 16.6. The number of hydrogen-bond donors (Lipinski definition) is 1. The number of hydrogen-bond acceptors (Lipinski definition) is 6. The Kier molecular flexibility index (Phi) is 5.35. The Morgan fingerprint density at radius 2 is 1.96 bits per heavy atom. The van der Waals surface area contributed by atoms with E-state index in [0.717, 1.165) is 11.1 Å². The molecule has 23 heavy (non-hydrogen) atoms. The quantitative estimate of drug-likeness (QED) is 0.821. The predicted molar refractivity (Wildman–Crippen MR) is 82.2 cm³/mol. The largest absolute Gasteiger partial charge is 0.482 e. The number of benzene rings is 1. The van der Waals surface area contributed by atoms with Crippen LogP contribution < -0.4 is 10.1 Å². The monoisotopic (exact) mass is 318 g/mol. The summed E-state index contributed by atoms with van der Waals surface area (Å²) >= 11 is 0. The van der Waals surface area contributed by atoms with Crippen LogP contribution in [0.3, 0.4) is 0 Å². The second-order valence-corrected chi connectivity index (χ2v) is 5.09. The first kappa shape index (κ1) is 16.5. The lowest BCUT2D eigenvalue weighted by Gasteiger charge is -2.09. The van der Waals surface area contributed by atoms with Crippen LogP contribution >= 0.6 is 0 Å². The average Bonchev–Trinajstić information content (AvgIpc) is 2.91. The van der Waals surface area contributed by atoms with Gasteiger partial charge in [0, 0.05) is 6.07 Å². The second kappa shape index (κ2) is 7.44. The number of carbonyl (C=O) groups excluding carboxylic acids is 2. The minimum absolute atomic E-state index is 0.263. The molecule has 1 amide bonds. The van der Waals surface area contributed by atoms with Crippen molar-refractivity contribution in [3.05, 3.63) is 41.2 Å². The maximum atomic E-state index is 11.6. The molecule has 0 fully saturated rings. The summed E-state index contributed by atoms with van der Waals surface area (Å²) in [5.74, 6) is 0.328. The molecule has 0 radical (unpaired) electrons. The van der Waals surface area contributed by atoms with Gasteiger partial charge >= 0.3 is 5.97 Å². The fourth-order valence-corrected chi connectivity index (χ4v) is 1.79. The van der Waals surface area contributed by atoms with Crippen LogP contribution in [0.15, 0.2) is 28.8 Å². The van der Waals surface area contributed by atoms with Gasteiger partial charge < -0.3 is 19.3 Å². The average molecular weight is 318 g/mol. The molecule has 1 aromatic carbocycles. The second-order valence-electron chi connectivity index (χ2n) is 5.09. The Morgan fingerprint density at radius 1 is 1.17 bits per heavy atom.